The van der Waals surface area contributed by atoms with Crippen molar-refractivity contribution in [1.82, 2.24) is 14.9 Å². The van der Waals surface area contributed by atoms with Gasteiger partial charge in [-0.05, 0) is 39.3 Å². The van der Waals surface area contributed by atoms with E-state index in [4.69, 9.17) is 21.6 Å². The Morgan fingerprint density at radius 1 is 1.43 bits per heavy atom. The maximum atomic E-state index is 12.2. The van der Waals surface area contributed by atoms with E-state index >= 15 is 0 Å². The molecule has 1 atom stereocenters. The van der Waals surface area contributed by atoms with Crippen molar-refractivity contribution in [3.63, 3.8) is 0 Å². The number of hydrogen-bond donors (Lipinski definition) is 0. The largest absolute Gasteiger partial charge is 0.444 e. The number of ether oxygens (including phenoxy) is 1. The number of amides is 1. The van der Waals surface area contributed by atoms with Gasteiger partial charge in [0.1, 0.15) is 23.2 Å². The lowest BCUT2D eigenvalue weighted by Gasteiger charge is -2.40. The van der Waals surface area contributed by atoms with Gasteiger partial charge in [0.25, 0.3) is 0 Å². The second kappa shape index (κ2) is 6.59. The third-order valence-electron chi connectivity index (χ3n) is 3.37. The van der Waals surface area contributed by atoms with Gasteiger partial charge in [-0.25, -0.2) is 14.8 Å². The quantitative estimate of drug-likeness (QED) is 0.732. The van der Waals surface area contributed by atoms with Crippen LogP contribution >= 0.6 is 11.6 Å². The van der Waals surface area contributed by atoms with Gasteiger partial charge < -0.3 is 14.5 Å². The van der Waals surface area contributed by atoms with Crippen LogP contribution in [0.15, 0.2) is 6.07 Å². The van der Waals surface area contributed by atoms with Crippen LogP contribution < -0.4 is 4.90 Å². The van der Waals surface area contributed by atoms with Crippen molar-refractivity contribution in [2.75, 3.05) is 24.5 Å². The highest BCUT2D eigenvalue weighted by atomic mass is 35.5. The number of rotatable bonds is 1. The van der Waals surface area contributed by atoms with Crippen LogP contribution in [0.1, 0.15) is 33.4 Å². The molecule has 2 rings (SSSR count). The minimum absolute atomic E-state index is 0.0220. The standard InChI is InChI=1S/C15H20ClN5O2/c1-10-9-20(14(22)23-15(2,3)4)5-6-21(10)12-7-11(8-17)18-13(16)19-12/h7,10H,5-6,9H2,1-4H3/t10-/m0/s1. The van der Waals surface area contributed by atoms with Crippen LogP contribution in [0.3, 0.4) is 0 Å². The minimum atomic E-state index is -0.515. The summed E-state index contributed by atoms with van der Waals surface area (Å²) in [4.78, 5) is 23.9. The summed E-state index contributed by atoms with van der Waals surface area (Å²) in [5, 5.41) is 9.03. The second-order valence-corrected chi connectivity index (χ2v) is 6.80. The molecule has 1 aromatic heterocycles. The molecule has 0 aromatic carbocycles. The van der Waals surface area contributed by atoms with Crippen LogP contribution in [0, 0.1) is 11.3 Å². The summed E-state index contributed by atoms with van der Waals surface area (Å²) in [5.41, 5.74) is -0.291. The fraction of sp³-hybridized carbons (Fsp3) is 0.600. The highest BCUT2D eigenvalue weighted by Gasteiger charge is 2.30. The molecule has 1 amide bonds. The number of aromatic nitrogens is 2. The number of carbonyl (C=O) groups excluding carboxylic acids is 1. The Balaban J connectivity index is 2.09. The van der Waals surface area contributed by atoms with E-state index in [1.807, 2.05) is 38.7 Å². The summed E-state index contributed by atoms with van der Waals surface area (Å²) in [7, 11) is 0. The van der Waals surface area contributed by atoms with E-state index in [1.165, 1.54) is 0 Å². The van der Waals surface area contributed by atoms with Crippen molar-refractivity contribution in [3.05, 3.63) is 17.0 Å². The lowest BCUT2D eigenvalue weighted by molar-refractivity contribution is 0.0218. The van der Waals surface area contributed by atoms with E-state index in [9.17, 15) is 4.79 Å². The van der Waals surface area contributed by atoms with Gasteiger partial charge in [0, 0.05) is 31.7 Å². The monoisotopic (exact) mass is 337 g/mol. The zero-order chi connectivity index (χ0) is 17.2. The number of piperazine rings is 1. The molecule has 0 N–H and O–H groups in total. The number of nitrogens with zero attached hydrogens (tertiary/aromatic N) is 5. The fourth-order valence-electron chi connectivity index (χ4n) is 2.40. The molecule has 1 fully saturated rings. The molecular weight excluding hydrogens is 318 g/mol. The van der Waals surface area contributed by atoms with Gasteiger partial charge in [-0.15, -0.1) is 0 Å². The molecule has 1 aliphatic heterocycles. The normalized spacial score (nSPS) is 18.5. The van der Waals surface area contributed by atoms with Crippen molar-refractivity contribution < 1.29 is 9.53 Å². The van der Waals surface area contributed by atoms with Crippen LogP contribution in [-0.4, -0.2) is 52.2 Å². The molecule has 1 aromatic rings. The van der Waals surface area contributed by atoms with Crippen molar-refractivity contribution in [2.45, 2.75) is 39.3 Å². The molecule has 124 valence electrons. The molecular formula is C15H20ClN5O2. The zero-order valence-corrected chi connectivity index (χ0v) is 14.5. The Hall–Kier alpha value is -2.07. The average Bonchev–Trinajstić information content (AvgIpc) is 2.44. The fourth-order valence-corrected chi connectivity index (χ4v) is 2.58. The first kappa shape index (κ1) is 17.3. The topological polar surface area (TPSA) is 82.4 Å². The van der Waals surface area contributed by atoms with Crippen molar-refractivity contribution in [2.24, 2.45) is 0 Å². The van der Waals surface area contributed by atoms with Gasteiger partial charge in [0.2, 0.25) is 5.28 Å². The highest BCUT2D eigenvalue weighted by molar-refractivity contribution is 6.28. The molecule has 0 radical (unpaired) electrons. The summed E-state index contributed by atoms with van der Waals surface area (Å²) in [6.45, 7) is 9.13. The van der Waals surface area contributed by atoms with Crippen LogP contribution in [0.2, 0.25) is 5.28 Å². The summed E-state index contributed by atoms with van der Waals surface area (Å²) >= 11 is 5.86. The summed E-state index contributed by atoms with van der Waals surface area (Å²) in [5.74, 6) is 0.595. The van der Waals surface area contributed by atoms with Gasteiger partial charge >= 0.3 is 6.09 Å². The van der Waals surface area contributed by atoms with Crippen LogP contribution in [0.25, 0.3) is 0 Å². The molecule has 0 saturated carbocycles. The van der Waals surface area contributed by atoms with Crippen molar-refractivity contribution >= 4 is 23.5 Å². The van der Waals surface area contributed by atoms with E-state index in [-0.39, 0.29) is 23.1 Å². The van der Waals surface area contributed by atoms with Crippen LogP contribution in [-0.2, 0) is 4.74 Å². The van der Waals surface area contributed by atoms with E-state index in [1.54, 1.807) is 11.0 Å². The second-order valence-electron chi connectivity index (χ2n) is 6.46. The highest BCUT2D eigenvalue weighted by Crippen LogP contribution is 2.21. The van der Waals surface area contributed by atoms with Crippen molar-refractivity contribution in [3.8, 4) is 6.07 Å². The Bertz CT molecular complexity index is 638. The van der Waals surface area contributed by atoms with Crippen LogP contribution in [0.5, 0.6) is 0 Å². The smallest absolute Gasteiger partial charge is 0.410 e. The van der Waals surface area contributed by atoms with Crippen LogP contribution in [0.4, 0.5) is 10.6 Å². The zero-order valence-electron chi connectivity index (χ0n) is 13.7. The Kier molecular flexibility index (Phi) is 4.95. The van der Waals surface area contributed by atoms with E-state index in [0.29, 0.717) is 25.5 Å². The third kappa shape index (κ3) is 4.45. The Labute approximate surface area is 140 Å². The maximum absolute atomic E-state index is 12.2. The van der Waals surface area contributed by atoms with Gasteiger partial charge in [0.05, 0.1) is 0 Å². The first-order chi connectivity index (χ1) is 10.7. The molecule has 0 bridgehead atoms. The Morgan fingerprint density at radius 3 is 2.70 bits per heavy atom. The maximum Gasteiger partial charge on any atom is 0.410 e. The van der Waals surface area contributed by atoms with E-state index in [2.05, 4.69) is 9.97 Å². The number of hydrogen-bond acceptors (Lipinski definition) is 6. The molecule has 7 nitrogen and oxygen atoms in total. The lowest BCUT2D eigenvalue weighted by Crippen LogP contribution is -2.54. The first-order valence-corrected chi connectivity index (χ1v) is 7.76. The molecule has 1 aliphatic rings. The predicted molar refractivity (Wildman–Crippen MR) is 86.4 cm³/mol. The average molecular weight is 338 g/mol. The molecule has 0 spiro atoms. The molecule has 0 unspecified atom stereocenters. The number of halogens is 1. The molecule has 2 heterocycles. The predicted octanol–water partition coefficient (Wildman–Crippen LogP) is 2.45. The van der Waals surface area contributed by atoms with Gasteiger partial charge in [-0.3, -0.25) is 0 Å². The molecule has 8 heteroatoms. The minimum Gasteiger partial charge on any atom is -0.444 e. The van der Waals surface area contributed by atoms with Crippen molar-refractivity contribution in [1.29, 1.82) is 5.26 Å². The number of carbonyl (C=O) groups is 1. The lowest BCUT2D eigenvalue weighted by atomic mass is 10.2. The van der Waals surface area contributed by atoms with Gasteiger partial charge in [0.15, 0.2) is 0 Å². The molecule has 1 saturated heterocycles. The van der Waals surface area contributed by atoms with E-state index < -0.39 is 5.60 Å². The SMILES string of the molecule is C[C@H]1CN(C(=O)OC(C)(C)C)CCN1c1cc(C#N)nc(Cl)n1. The number of anilines is 1. The summed E-state index contributed by atoms with van der Waals surface area (Å²) in [6.07, 6.45) is -0.317. The van der Waals surface area contributed by atoms with Gasteiger partial charge in [-0.2, -0.15) is 5.26 Å². The third-order valence-corrected chi connectivity index (χ3v) is 3.54. The Morgan fingerprint density at radius 2 is 2.13 bits per heavy atom. The first-order valence-electron chi connectivity index (χ1n) is 7.39. The number of nitriles is 1. The summed E-state index contributed by atoms with van der Waals surface area (Å²) < 4.78 is 5.40. The van der Waals surface area contributed by atoms with E-state index in [0.717, 1.165) is 0 Å². The molecule has 23 heavy (non-hydrogen) atoms. The molecule has 0 aliphatic carbocycles. The van der Waals surface area contributed by atoms with Gasteiger partial charge in [-0.1, -0.05) is 0 Å². The summed E-state index contributed by atoms with van der Waals surface area (Å²) in [6, 6.07) is 3.59.